The number of nitrogens with two attached hydrogens (primary N) is 1. The van der Waals surface area contributed by atoms with Crippen LogP contribution in [0.25, 0.3) is 0 Å². The molecule has 5 heteroatoms. The Morgan fingerprint density at radius 3 is 3.09 bits per heavy atom. The first-order chi connectivity index (χ1) is 5.18. The molecular formula is C6H8FN3S. The Morgan fingerprint density at radius 1 is 1.82 bits per heavy atom. The van der Waals surface area contributed by atoms with Gasteiger partial charge in [0.25, 0.3) is 0 Å². The lowest BCUT2D eigenvalue weighted by molar-refractivity contribution is 0.738. The first-order valence-electron chi connectivity index (χ1n) is 3.18. The fourth-order valence-corrected chi connectivity index (χ4v) is 0.870. The number of allylic oxidation sites excluding steroid dienone is 1. The molecule has 0 aromatic heterocycles. The molecule has 1 heterocycles. The van der Waals surface area contributed by atoms with E-state index in [4.69, 9.17) is 5.73 Å². The van der Waals surface area contributed by atoms with Crippen molar-refractivity contribution in [1.82, 2.24) is 5.32 Å². The summed E-state index contributed by atoms with van der Waals surface area (Å²) in [7, 11) is 0. The Hall–Kier alpha value is -0.970. The molecule has 0 bridgehead atoms. The molecule has 1 aliphatic rings. The summed E-state index contributed by atoms with van der Waals surface area (Å²) in [4.78, 5) is 3.55. The summed E-state index contributed by atoms with van der Waals surface area (Å²) in [5, 5.41) is 2.66. The van der Waals surface area contributed by atoms with Gasteiger partial charge in [0.05, 0.1) is 0 Å². The lowest BCUT2D eigenvalue weighted by Crippen LogP contribution is -2.28. The van der Waals surface area contributed by atoms with Crippen molar-refractivity contribution in [3.8, 4) is 0 Å². The van der Waals surface area contributed by atoms with E-state index < -0.39 is 0 Å². The molecule has 0 amide bonds. The van der Waals surface area contributed by atoms with Crippen LogP contribution in [0.15, 0.2) is 16.9 Å². The van der Waals surface area contributed by atoms with Gasteiger partial charge in [0.15, 0.2) is 11.1 Å². The lowest BCUT2D eigenvalue weighted by Gasteiger charge is -2.07. The Balaban J connectivity index is 2.59. The van der Waals surface area contributed by atoms with Gasteiger partial charge in [0.1, 0.15) is 5.82 Å². The van der Waals surface area contributed by atoms with E-state index in [0.717, 1.165) is 0 Å². The van der Waals surface area contributed by atoms with Crippen LogP contribution < -0.4 is 11.1 Å². The third kappa shape index (κ3) is 2.63. The zero-order valence-electron chi connectivity index (χ0n) is 5.80. The Bertz CT molecular complexity index is 234. The smallest absolute Gasteiger partial charge is 0.191 e. The summed E-state index contributed by atoms with van der Waals surface area (Å²) in [6, 6.07) is 0. The van der Waals surface area contributed by atoms with Crippen LogP contribution in [-0.4, -0.2) is 11.1 Å². The van der Waals surface area contributed by atoms with Crippen molar-refractivity contribution in [2.45, 2.75) is 12.8 Å². The molecule has 11 heavy (non-hydrogen) atoms. The topological polar surface area (TPSA) is 50.4 Å². The van der Waals surface area contributed by atoms with E-state index in [-0.39, 0.29) is 11.1 Å². The molecule has 0 saturated heterocycles. The van der Waals surface area contributed by atoms with Gasteiger partial charge in [-0.25, -0.2) is 4.99 Å². The molecule has 0 fully saturated rings. The summed E-state index contributed by atoms with van der Waals surface area (Å²) in [5.74, 6) is 0.0208. The minimum Gasteiger partial charge on any atom is -0.376 e. The molecule has 1 aliphatic heterocycles. The minimum absolute atomic E-state index is 0.106. The number of aliphatic imine (C=N–C) groups is 1. The maximum Gasteiger partial charge on any atom is 0.191 e. The largest absolute Gasteiger partial charge is 0.376 e. The molecule has 0 spiro atoms. The first-order valence-corrected chi connectivity index (χ1v) is 3.59. The predicted molar refractivity (Wildman–Crippen MR) is 45.8 cm³/mol. The van der Waals surface area contributed by atoms with Gasteiger partial charge in [0, 0.05) is 6.42 Å². The second-order valence-electron chi connectivity index (χ2n) is 2.11. The molecule has 0 aliphatic carbocycles. The molecule has 0 aromatic rings. The normalized spacial score (nSPS) is 16.8. The Morgan fingerprint density at radius 2 is 2.55 bits per heavy atom. The van der Waals surface area contributed by atoms with Crippen LogP contribution in [0.2, 0.25) is 0 Å². The van der Waals surface area contributed by atoms with Crippen LogP contribution in [0.1, 0.15) is 12.8 Å². The second kappa shape index (κ2) is 3.43. The SMILES string of the molecule is NC(=S)NC1=CCCC(F)=N1. The highest BCUT2D eigenvalue weighted by Crippen LogP contribution is 2.08. The quantitative estimate of drug-likeness (QED) is 0.577. The van der Waals surface area contributed by atoms with E-state index in [1.807, 2.05) is 0 Å². The van der Waals surface area contributed by atoms with Crippen molar-refractivity contribution >= 4 is 23.3 Å². The molecule has 3 N–H and O–H groups in total. The van der Waals surface area contributed by atoms with Crippen molar-refractivity contribution < 1.29 is 4.39 Å². The maximum atomic E-state index is 12.5. The van der Waals surface area contributed by atoms with Gasteiger partial charge in [-0.3, -0.25) is 0 Å². The molecule has 0 aromatic carbocycles. The molecule has 3 nitrogen and oxygen atoms in total. The van der Waals surface area contributed by atoms with Crippen molar-refractivity contribution in [3.63, 3.8) is 0 Å². The van der Waals surface area contributed by atoms with Crippen LogP contribution in [0.5, 0.6) is 0 Å². The zero-order valence-corrected chi connectivity index (χ0v) is 6.62. The second-order valence-corrected chi connectivity index (χ2v) is 2.55. The Kier molecular flexibility index (Phi) is 2.53. The number of halogens is 1. The number of thiocarbonyl (C=S) groups is 1. The summed E-state index contributed by atoms with van der Waals surface area (Å²) in [6.45, 7) is 0. The van der Waals surface area contributed by atoms with E-state index in [1.54, 1.807) is 6.08 Å². The highest BCUT2D eigenvalue weighted by atomic mass is 32.1. The fourth-order valence-electron chi connectivity index (χ4n) is 0.765. The van der Waals surface area contributed by atoms with Crippen molar-refractivity contribution in [1.29, 1.82) is 0 Å². The Labute approximate surface area is 69.2 Å². The van der Waals surface area contributed by atoms with Gasteiger partial charge in [-0.1, -0.05) is 0 Å². The predicted octanol–water partition coefficient (Wildman–Crippen LogP) is 0.823. The summed E-state index contributed by atoms with van der Waals surface area (Å²) in [6.07, 6.45) is 2.75. The highest BCUT2D eigenvalue weighted by molar-refractivity contribution is 7.80. The van der Waals surface area contributed by atoms with E-state index >= 15 is 0 Å². The number of hydrogen-bond acceptors (Lipinski definition) is 2. The average Bonchev–Trinajstić information content (AvgIpc) is 1.85. The number of rotatable bonds is 1. The monoisotopic (exact) mass is 173 g/mol. The summed E-state index contributed by atoms with van der Waals surface area (Å²) < 4.78 is 12.5. The first kappa shape index (κ1) is 8.13. The number of nitrogens with zero attached hydrogens (tertiary/aromatic N) is 1. The van der Waals surface area contributed by atoms with Crippen LogP contribution in [-0.2, 0) is 0 Å². The van der Waals surface area contributed by atoms with E-state index in [1.165, 1.54) is 0 Å². The number of hydrogen-bond donors (Lipinski definition) is 2. The third-order valence-corrected chi connectivity index (χ3v) is 1.28. The van der Waals surface area contributed by atoms with E-state index in [9.17, 15) is 4.39 Å². The lowest BCUT2D eigenvalue weighted by atomic mass is 10.2. The third-order valence-electron chi connectivity index (χ3n) is 1.18. The van der Waals surface area contributed by atoms with Crippen LogP contribution >= 0.6 is 12.2 Å². The van der Waals surface area contributed by atoms with Crippen LogP contribution in [0.3, 0.4) is 0 Å². The molecule has 0 saturated carbocycles. The molecule has 1 rings (SSSR count). The van der Waals surface area contributed by atoms with Gasteiger partial charge < -0.3 is 11.1 Å². The average molecular weight is 173 g/mol. The van der Waals surface area contributed by atoms with Gasteiger partial charge in [-0.2, -0.15) is 4.39 Å². The van der Waals surface area contributed by atoms with Gasteiger partial charge in [-0.15, -0.1) is 0 Å². The zero-order chi connectivity index (χ0) is 8.27. The van der Waals surface area contributed by atoms with Crippen molar-refractivity contribution in [2.75, 3.05) is 0 Å². The minimum atomic E-state index is -0.383. The van der Waals surface area contributed by atoms with Crippen molar-refractivity contribution in [3.05, 3.63) is 11.9 Å². The van der Waals surface area contributed by atoms with E-state index in [0.29, 0.717) is 18.7 Å². The van der Waals surface area contributed by atoms with Crippen molar-refractivity contribution in [2.24, 2.45) is 10.7 Å². The van der Waals surface area contributed by atoms with Crippen LogP contribution in [0.4, 0.5) is 4.39 Å². The molecule has 0 unspecified atom stereocenters. The fraction of sp³-hybridized carbons (Fsp3) is 0.333. The van der Waals surface area contributed by atoms with Gasteiger partial charge in [-0.05, 0) is 24.7 Å². The van der Waals surface area contributed by atoms with Gasteiger partial charge >= 0.3 is 0 Å². The molecule has 0 atom stereocenters. The van der Waals surface area contributed by atoms with Crippen LogP contribution in [0, 0.1) is 0 Å². The number of nitrogens with one attached hydrogen (secondary N) is 1. The standard InChI is InChI=1S/C6H8FN3S/c7-4-2-1-3-5(9-4)10-6(8)11/h3H,1-2H2,(H3,8,10,11). The summed E-state index contributed by atoms with van der Waals surface area (Å²) >= 11 is 4.55. The molecule has 60 valence electrons. The molecule has 0 radical (unpaired) electrons. The van der Waals surface area contributed by atoms with E-state index in [2.05, 4.69) is 22.5 Å². The molecular weight excluding hydrogens is 165 g/mol. The maximum absolute atomic E-state index is 12.5. The van der Waals surface area contributed by atoms with Gasteiger partial charge in [0.2, 0.25) is 0 Å². The highest BCUT2D eigenvalue weighted by Gasteiger charge is 2.05. The summed E-state index contributed by atoms with van der Waals surface area (Å²) in [5.41, 5.74) is 5.16.